The van der Waals surface area contributed by atoms with Crippen molar-refractivity contribution in [3.8, 4) is 0 Å². The van der Waals surface area contributed by atoms with Crippen molar-refractivity contribution >= 4 is 0 Å². The van der Waals surface area contributed by atoms with Gasteiger partial charge in [-0.3, -0.25) is 0 Å². The van der Waals surface area contributed by atoms with Gasteiger partial charge in [0.25, 0.3) is 0 Å². The lowest BCUT2D eigenvalue weighted by Crippen LogP contribution is -2.43. The molecule has 0 bridgehead atoms. The molecule has 1 saturated carbocycles. The standard InChI is InChI=1S/C15H28O5/c1-3-17-13(2)18-10-4-5-14(16)6-8-15(9-7-14)19-11-12-20-15/h13,16H,3-12H2,1-2H3. The number of hydrogen-bond acceptors (Lipinski definition) is 5. The molecular formula is C15H28O5. The second kappa shape index (κ2) is 7.18. The maximum atomic E-state index is 10.6. The third-order valence-electron chi connectivity index (χ3n) is 4.30. The summed E-state index contributed by atoms with van der Waals surface area (Å²) in [6.45, 7) is 6.50. The van der Waals surface area contributed by atoms with E-state index < -0.39 is 11.4 Å². The van der Waals surface area contributed by atoms with Crippen molar-refractivity contribution in [2.75, 3.05) is 26.4 Å². The highest BCUT2D eigenvalue weighted by atomic mass is 16.7. The highest BCUT2D eigenvalue weighted by molar-refractivity contribution is 4.91. The number of hydrogen-bond donors (Lipinski definition) is 1. The Morgan fingerprint density at radius 3 is 2.35 bits per heavy atom. The monoisotopic (exact) mass is 288 g/mol. The Kier molecular flexibility index (Phi) is 5.81. The maximum absolute atomic E-state index is 10.6. The average Bonchev–Trinajstić information content (AvgIpc) is 2.89. The van der Waals surface area contributed by atoms with E-state index in [4.69, 9.17) is 18.9 Å². The van der Waals surface area contributed by atoms with Gasteiger partial charge in [-0.25, -0.2) is 0 Å². The van der Waals surface area contributed by atoms with Crippen LogP contribution in [0.3, 0.4) is 0 Å². The Bertz CT molecular complexity index is 278. The normalized spacial score (nSPS) is 25.9. The molecule has 5 nitrogen and oxygen atoms in total. The second-order valence-corrected chi connectivity index (χ2v) is 5.83. The first-order valence-corrected chi connectivity index (χ1v) is 7.81. The van der Waals surface area contributed by atoms with Crippen LogP contribution in [0.15, 0.2) is 0 Å². The Morgan fingerprint density at radius 2 is 1.75 bits per heavy atom. The molecule has 0 amide bonds. The van der Waals surface area contributed by atoms with Gasteiger partial charge in [-0.2, -0.15) is 0 Å². The van der Waals surface area contributed by atoms with E-state index in [0.717, 1.165) is 38.5 Å². The lowest BCUT2D eigenvalue weighted by atomic mass is 9.79. The summed E-state index contributed by atoms with van der Waals surface area (Å²) in [4.78, 5) is 0. The van der Waals surface area contributed by atoms with Gasteiger partial charge in [-0.05, 0) is 39.5 Å². The van der Waals surface area contributed by atoms with Gasteiger partial charge < -0.3 is 24.1 Å². The highest BCUT2D eigenvalue weighted by Crippen LogP contribution is 2.41. The lowest BCUT2D eigenvalue weighted by Gasteiger charge is -2.40. The van der Waals surface area contributed by atoms with Gasteiger partial charge >= 0.3 is 0 Å². The Balaban J connectivity index is 1.63. The molecule has 2 aliphatic rings. The summed E-state index contributed by atoms with van der Waals surface area (Å²) < 4.78 is 22.2. The molecule has 0 aromatic carbocycles. The molecule has 0 radical (unpaired) electrons. The van der Waals surface area contributed by atoms with E-state index >= 15 is 0 Å². The molecule has 0 aromatic rings. The van der Waals surface area contributed by atoms with Crippen LogP contribution in [0.5, 0.6) is 0 Å². The molecule has 1 saturated heterocycles. The van der Waals surface area contributed by atoms with Gasteiger partial charge in [0.05, 0.1) is 18.8 Å². The molecular weight excluding hydrogens is 260 g/mol. The molecule has 1 aliphatic carbocycles. The SMILES string of the molecule is CCOC(C)OCCCC1(O)CCC2(CC1)OCCO2. The summed E-state index contributed by atoms with van der Waals surface area (Å²) in [5.74, 6) is -0.397. The van der Waals surface area contributed by atoms with Crippen LogP contribution < -0.4 is 0 Å². The van der Waals surface area contributed by atoms with E-state index in [1.807, 2.05) is 13.8 Å². The largest absolute Gasteiger partial charge is 0.390 e. The van der Waals surface area contributed by atoms with Crippen molar-refractivity contribution in [3.63, 3.8) is 0 Å². The highest BCUT2D eigenvalue weighted by Gasteiger charge is 2.45. The molecule has 1 N–H and O–H groups in total. The van der Waals surface area contributed by atoms with Crippen molar-refractivity contribution in [2.24, 2.45) is 0 Å². The molecule has 1 atom stereocenters. The van der Waals surface area contributed by atoms with E-state index in [2.05, 4.69) is 0 Å². The first-order chi connectivity index (χ1) is 9.58. The van der Waals surface area contributed by atoms with Crippen LogP contribution in [0.1, 0.15) is 52.4 Å². The lowest BCUT2D eigenvalue weighted by molar-refractivity contribution is -0.204. The first-order valence-electron chi connectivity index (χ1n) is 7.81. The van der Waals surface area contributed by atoms with Crippen LogP contribution in [-0.4, -0.2) is 49.2 Å². The fraction of sp³-hybridized carbons (Fsp3) is 1.00. The summed E-state index contributed by atoms with van der Waals surface area (Å²) in [5.41, 5.74) is -0.585. The zero-order chi connectivity index (χ0) is 14.5. The van der Waals surface area contributed by atoms with Crippen molar-refractivity contribution in [1.82, 2.24) is 0 Å². The number of aliphatic hydroxyl groups is 1. The first kappa shape index (κ1) is 16.2. The second-order valence-electron chi connectivity index (χ2n) is 5.83. The number of rotatable bonds is 7. The van der Waals surface area contributed by atoms with Gasteiger partial charge in [0.15, 0.2) is 12.1 Å². The van der Waals surface area contributed by atoms with E-state index in [1.54, 1.807) is 0 Å². The van der Waals surface area contributed by atoms with Crippen molar-refractivity contribution in [1.29, 1.82) is 0 Å². The third-order valence-corrected chi connectivity index (χ3v) is 4.30. The van der Waals surface area contributed by atoms with Gasteiger partial charge in [0.1, 0.15) is 0 Å². The summed E-state index contributed by atoms with van der Waals surface area (Å²) in [6.07, 6.45) is 4.52. The topological polar surface area (TPSA) is 57.2 Å². The zero-order valence-corrected chi connectivity index (χ0v) is 12.7. The van der Waals surface area contributed by atoms with Crippen LogP contribution in [-0.2, 0) is 18.9 Å². The van der Waals surface area contributed by atoms with Gasteiger partial charge in [-0.1, -0.05) is 0 Å². The Hall–Kier alpha value is -0.200. The van der Waals surface area contributed by atoms with E-state index in [0.29, 0.717) is 26.4 Å². The van der Waals surface area contributed by atoms with E-state index in [1.165, 1.54) is 0 Å². The fourth-order valence-corrected chi connectivity index (χ4v) is 3.07. The summed E-state index contributed by atoms with van der Waals surface area (Å²) >= 11 is 0. The van der Waals surface area contributed by atoms with Crippen molar-refractivity contribution < 1.29 is 24.1 Å². The van der Waals surface area contributed by atoms with E-state index in [9.17, 15) is 5.11 Å². The summed E-state index contributed by atoms with van der Waals surface area (Å²) in [7, 11) is 0. The molecule has 0 aromatic heterocycles. The molecule has 5 heteroatoms. The minimum atomic E-state index is -0.585. The molecule has 118 valence electrons. The van der Waals surface area contributed by atoms with Crippen LogP contribution in [0.4, 0.5) is 0 Å². The summed E-state index contributed by atoms with van der Waals surface area (Å²) in [6, 6.07) is 0. The minimum Gasteiger partial charge on any atom is -0.390 e. The van der Waals surface area contributed by atoms with Crippen LogP contribution in [0.25, 0.3) is 0 Å². The minimum absolute atomic E-state index is 0.162. The maximum Gasteiger partial charge on any atom is 0.168 e. The predicted molar refractivity (Wildman–Crippen MR) is 74.3 cm³/mol. The molecule has 2 fully saturated rings. The predicted octanol–water partition coefficient (Wildman–Crippen LogP) is 2.21. The molecule has 2 rings (SSSR count). The fourth-order valence-electron chi connectivity index (χ4n) is 3.07. The van der Waals surface area contributed by atoms with E-state index in [-0.39, 0.29) is 6.29 Å². The van der Waals surface area contributed by atoms with Gasteiger partial charge in [0.2, 0.25) is 0 Å². The van der Waals surface area contributed by atoms with Crippen molar-refractivity contribution in [3.05, 3.63) is 0 Å². The van der Waals surface area contributed by atoms with Gasteiger partial charge in [-0.15, -0.1) is 0 Å². The number of ether oxygens (including phenoxy) is 4. The van der Waals surface area contributed by atoms with Crippen LogP contribution in [0.2, 0.25) is 0 Å². The molecule has 1 unspecified atom stereocenters. The Morgan fingerprint density at radius 1 is 1.10 bits per heavy atom. The summed E-state index contributed by atoms with van der Waals surface area (Å²) in [5, 5.41) is 10.6. The molecule has 1 heterocycles. The smallest absolute Gasteiger partial charge is 0.168 e. The quantitative estimate of drug-likeness (QED) is 0.575. The van der Waals surface area contributed by atoms with Crippen molar-refractivity contribution in [2.45, 2.75) is 70.1 Å². The zero-order valence-electron chi connectivity index (χ0n) is 12.7. The van der Waals surface area contributed by atoms with Crippen LogP contribution >= 0.6 is 0 Å². The van der Waals surface area contributed by atoms with Gasteiger partial charge in [0, 0.05) is 26.1 Å². The van der Waals surface area contributed by atoms with Crippen LogP contribution in [0, 0.1) is 0 Å². The molecule has 1 aliphatic heterocycles. The third kappa shape index (κ3) is 4.40. The molecule has 1 spiro atoms. The average molecular weight is 288 g/mol. The Labute approximate surface area is 121 Å². The molecule has 20 heavy (non-hydrogen) atoms.